The number of hydrogen-bond donors (Lipinski definition) is 1. The molecular weight excluding hydrogens is 178 g/mol. The molecule has 4 nitrogen and oxygen atoms in total. The average molecular weight is 191 g/mol. The summed E-state index contributed by atoms with van der Waals surface area (Å²) in [6.07, 6.45) is 0.166. The molecule has 0 aromatic rings. The molecule has 12 heavy (non-hydrogen) atoms. The topological polar surface area (TPSA) is 57.6 Å². The molecule has 1 rings (SSSR count). The number of carboxylic acid groups (broad SMARTS) is 1. The number of aliphatic carboxylic acids is 1. The highest BCUT2D eigenvalue weighted by Crippen LogP contribution is 2.11. The van der Waals surface area contributed by atoms with Gasteiger partial charge in [0.1, 0.15) is 0 Å². The van der Waals surface area contributed by atoms with Gasteiger partial charge in [-0.3, -0.25) is 9.00 Å². The van der Waals surface area contributed by atoms with E-state index in [4.69, 9.17) is 5.11 Å². The van der Waals surface area contributed by atoms with E-state index in [1.165, 1.54) is 0 Å². The zero-order chi connectivity index (χ0) is 9.14. The maximum absolute atomic E-state index is 10.7. The maximum atomic E-state index is 10.7. The predicted molar refractivity (Wildman–Crippen MR) is 46.5 cm³/mol. The van der Waals surface area contributed by atoms with Crippen molar-refractivity contribution < 1.29 is 14.1 Å². The van der Waals surface area contributed by atoms with Crippen LogP contribution in [0.1, 0.15) is 6.42 Å². The monoisotopic (exact) mass is 191 g/mol. The summed E-state index contributed by atoms with van der Waals surface area (Å²) in [4.78, 5) is 12.2. The molecule has 1 fully saturated rings. The lowest BCUT2D eigenvalue weighted by Crippen LogP contribution is -2.49. The van der Waals surface area contributed by atoms with Gasteiger partial charge >= 0.3 is 5.97 Å². The zero-order valence-corrected chi connectivity index (χ0v) is 7.84. The first kappa shape index (κ1) is 9.67. The summed E-state index contributed by atoms with van der Waals surface area (Å²) in [6.45, 7) is 0.553. The Kier molecular flexibility index (Phi) is 3.22. The van der Waals surface area contributed by atoms with Crippen LogP contribution in [0.5, 0.6) is 0 Å². The van der Waals surface area contributed by atoms with Gasteiger partial charge in [0.15, 0.2) is 0 Å². The van der Waals surface area contributed by atoms with Crippen molar-refractivity contribution in [1.29, 1.82) is 0 Å². The largest absolute Gasteiger partial charge is 0.481 e. The lowest BCUT2D eigenvalue weighted by atomic mass is 10.3. The molecule has 1 saturated heterocycles. The van der Waals surface area contributed by atoms with Crippen molar-refractivity contribution in [3.8, 4) is 0 Å². The molecule has 0 aromatic heterocycles. The second-order valence-electron chi connectivity index (χ2n) is 3.05. The van der Waals surface area contributed by atoms with Crippen LogP contribution in [0.3, 0.4) is 0 Å². The van der Waals surface area contributed by atoms with Gasteiger partial charge in [-0.05, 0) is 7.05 Å². The van der Waals surface area contributed by atoms with Gasteiger partial charge in [-0.1, -0.05) is 0 Å². The Labute approximate surface area is 74.0 Å². The third-order valence-electron chi connectivity index (χ3n) is 2.06. The molecule has 0 atom stereocenters. The van der Waals surface area contributed by atoms with Crippen LogP contribution < -0.4 is 0 Å². The number of carbonyl (C=O) groups is 1. The van der Waals surface area contributed by atoms with Crippen LogP contribution in [-0.4, -0.2) is 51.3 Å². The Morgan fingerprint density at radius 3 is 2.67 bits per heavy atom. The van der Waals surface area contributed by atoms with Crippen molar-refractivity contribution in [1.82, 2.24) is 4.90 Å². The minimum absolute atomic E-state index is 0.166. The molecule has 0 bridgehead atoms. The van der Waals surface area contributed by atoms with Gasteiger partial charge in [-0.2, -0.15) is 0 Å². The van der Waals surface area contributed by atoms with Crippen LogP contribution in [0, 0.1) is 0 Å². The third-order valence-corrected chi connectivity index (χ3v) is 3.57. The molecule has 1 aliphatic rings. The molecule has 70 valence electrons. The summed E-state index contributed by atoms with van der Waals surface area (Å²) in [7, 11) is 1.23. The number of carboxylic acids is 1. The second kappa shape index (κ2) is 4.00. The van der Waals surface area contributed by atoms with Crippen molar-refractivity contribution in [2.75, 3.05) is 25.1 Å². The van der Waals surface area contributed by atoms with E-state index in [1.807, 2.05) is 11.9 Å². The Morgan fingerprint density at radius 1 is 1.67 bits per heavy atom. The van der Waals surface area contributed by atoms with Gasteiger partial charge in [0.25, 0.3) is 0 Å². The fraction of sp³-hybridized carbons (Fsp3) is 0.857. The summed E-state index contributed by atoms with van der Waals surface area (Å²) >= 11 is 0. The van der Waals surface area contributed by atoms with E-state index < -0.39 is 16.8 Å². The van der Waals surface area contributed by atoms with Gasteiger partial charge in [-0.15, -0.1) is 0 Å². The van der Waals surface area contributed by atoms with Gasteiger partial charge in [0.2, 0.25) is 0 Å². The minimum Gasteiger partial charge on any atom is -0.481 e. The Morgan fingerprint density at radius 2 is 2.25 bits per heavy atom. The lowest BCUT2D eigenvalue weighted by molar-refractivity contribution is -0.137. The molecular formula is C7H13NO3S. The van der Waals surface area contributed by atoms with Crippen LogP contribution in [0.25, 0.3) is 0 Å². The molecule has 0 saturated carbocycles. The SMILES string of the molecule is CN(CCC(=O)O)C1CS(=O)C1. The first-order chi connectivity index (χ1) is 5.59. The predicted octanol–water partition coefficient (Wildman–Crippen LogP) is -0.476. The zero-order valence-electron chi connectivity index (χ0n) is 7.02. The smallest absolute Gasteiger partial charge is 0.304 e. The molecule has 0 unspecified atom stereocenters. The molecule has 0 spiro atoms. The number of hydrogen-bond acceptors (Lipinski definition) is 3. The highest BCUT2D eigenvalue weighted by atomic mass is 32.2. The average Bonchev–Trinajstić information content (AvgIpc) is 1.94. The molecule has 0 amide bonds. The lowest BCUT2D eigenvalue weighted by Gasteiger charge is -2.33. The van der Waals surface area contributed by atoms with Crippen LogP contribution in [0.15, 0.2) is 0 Å². The van der Waals surface area contributed by atoms with Crippen molar-refractivity contribution in [3.05, 3.63) is 0 Å². The molecule has 1 aliphatic heterocycles. The first-order valence-electron chi connectivity index (χ1n) is 3.86. The fourth-order valence-electron chi connectivity index (χ4n) is 1.09. The normalized spacial score (nSPS) is 28.5. The third kappa shape index (κ3) is 2.57. The number of rotatable bonds is 4. The molecule has 0 aliphatic carbocycles. The van der Waals surface area contributed by atoms with E-state index in [9.17, 15) is 9.00 Å². The van der Waals surface area contributed by atoms with Crippen molar-refractivity contribution in [3.63, 3.8) is 0 Å². The Bertz CT molecular complexity index is 199. The molecule has 0 aromatic carbocycles. The van der Waals surface area contributed by atoms with Gasteiger partial charge in [0.05, 0.1) is 6.42 Å². The van der Waals surface area contributed by atoms with Crippen LogP contribution in [0.2, 0.25) is 0 Å². The van der Waals surface area contributed by atoms with E-state index >= 15 is 0 Å². The van der Waals surface area contributed by atoms with E-state index in [0.29, 0.717) is 24.1 Å². The summed E-state index contributed by atoms with van der Waals surface area (Å²) < 4.78 is 10.7. The standard InChI is InChI=1S/C7H13NO3S/c1-8(3-2-7(9)10)6-4-12(11)5-6/h6H,2-5H2,1H3,(H,9,10). The molecule has 1 heterocycles. The van der Waals surface area contributed by atoms with Crippen LogP contribution in [-0.2, 0) is 15.6 Å². The molecule has 1 N–H and O–H groups in total. The Hall–Kier alpha value is -0.420. The second-order valence-corrected chi connectivity index (χ2v) is 4.60. The van der Waals surface area contributed by atoms with E-state index in [-0.39, 0.29) is 6.42 Å². The minimum atomic E-state index is -0.776. The number of nitrogens with zero attached hydrogens (tertiary/aromatic N) is 1. The summed E-state index contributed by atoms with van der Waals surface area (Å²) in [5.41, 5.74) is 0. The van der Waals surface area contributed by atoms with Crippen molar-refractivity contribution >= 4 is 16.8 Å². The quantitative estimate of drug-likeness (QED) is 0.652. The molecule has 0 radical (unpaired) electrons. The van der Waals surface area contributed by atoms with Gasteiger partial charge < -0.3 is 10.0 Å². The van der Waals surface area contributed by atoms with Crippen LogP contribution in [0.4, 0.5) is 0 Å². The Balaban J connectivity index is 2.16. The van der Waals surface area contributed by atoms with Crippen molar-refractivity contribution in [2.24, 2.45) is 0 Å². The first-order valence-corrected chi connectivity index (χ1v) is 5.35. The summed E-state index contributed by atoms with van der Waals surface area (Å²) in [5, 5.41) is 8.40. The van der Waals surface area contributed by atoms with Crippen LogP contribution >= 0.6 is 0 Å². The van der Waals surface area contributed by atoms with E-state index in [1.54, 1.807) is 0 Å². The summed E-state index contributed by atoms with van der Waals surface area (Å²) in [5.74, 6) is 0.633. The summed E-state index contributed by atoms with van der Waals surface area (Å²) in [6, 6.07) is 0.338. The van der Waals surface area contributed by atoms with E-state index in [0.717, 1.165) is 0 Å². The highest BCUT2D eigenvalue weighted by Gasteiger charge is 2.28. The van der Waals surface area contributed by atoms with Gasteiger partial charge in [-0.25, -0.2) is 0 Å². The fourth-order valence-corrected chi connectivity index (χ4v) is 2.36. The van der Waals surface area contributed by atoms with Gasteiger partial charge in [0, 0.05) is 34.9 Å². The van der Waals surface area contributed by atoms with Crippen molar-refractivity contribution in [2.45, 2.75) is 12.5 Å². The highest BCUT2D eigenvalue weighted by molar-refractivity contribution is 7.86. The molecule has 5 heteroatoms. The van der Waals surface area contributed by atoms with E-state index in [2.05, 4.69) is 0 Å². The maximum Gasteiger partial charge on any atom is 0.304 e.